The highest BCUT2D eigenvalue weighted by atomic mass is 79.9. The van der Waals surface area contributed by atoms with Crippen LogP contribution in [0.4, 0.5) is 0 Å². The molecule has 0 heterocycles. The zero-order valence-corrected chi connectivity index (χ0v) is 25.5. The summed E-state index contributed by atoms with van der Waals surface area (Å²) in [7, 11) is 0. The van der Waals surface area contributed by atoms with Crippen molar-refractivity contribution in [3.63, 3.8) is 0 Å². The first-order chi connectivity index (χ1) is 17.1. The Morgan fingerprint density at radius 1 is 0.944 bits per heavy atom. The van der Waals surface area contributed by atoms with Crippen molar-refractivity contribution < 1.29 is 4.74 Å². The monoisotopic (exact) mass is 553 g/mol. The zero-order valence-electron chi connectivity index (χ0n) is 23.9. The van der Waals surface area contributed by atoms with Crippen molar-refractivity contribution in [3.8, 4) is 5.75 Å². The predicted molar refractivity (Wildman–Crippen MR) is 168 cm³/mol. The lowest BCUT2D eigenvalue weighted by Gasteiger charge is -2.09. The first-order valence-electron chi connectivity index (χ1n) is 12.6. The van der Waals surface area contributed by atoms with Crippen LogP contribution in [0, 0.1) is 6.92 Å². The quantitative estimate of drug-likeness (QED) is 0.311. The molecule has 0 saturated heterocycles. The van der Waals surface area contributed by atoms with E-state index in [9.17, 15) is 0 Å². The largest absolute Gasteiger partial charge is 0.487 e. The first-order valence-corrected chi connectivity index (χ1v) is 13.4. The van der Waals surface area contributed by atoms with Gasteiger partial charge in [0.25, 0.3) is 0 Å². The van der Waals surface area contributed by atoms with Crippen LogP contribution in [-0.2, 0) is 0 Å². The third-order valence-corrected chi connectivity index (χ3v) is 5.51. The Morgan fingerprint density at radius 3 is 1.94 bits per heavy atom. The lowest BCUT2D eigenvalue weighted by atomic mass is 10.0. The van der Waals surface area contributed by atoms with Gasteiger partial charge in [-0.2, -0.15) is 0 Å². The van der Waals surface area contributed by atoms with Crippen molar-refractivity contribution in [3.05, 3.63) is 119 Å². The second-order valence-corrected chi connectivity index (χ2v) is 9.10. The van der Waals surface area contributed by atoms with Crippen LogP contribution in [0.3, 0.4) is 0 Å². The summed E-state index contributed by atoms with van der Waals surface area (Å²) in [4.78, 5) is 0. The fraction of sp³-hybridized carbons (Fsp3) is 0.333. The van der Waals surface area contributed by atoms with Crippen LogP contribution in [0.5, 0.6) is 5.75 Å². The number of aryl methyl sites for hydroxylation is 1. The van der Waals surface area contributed by atoms with Gasteiger partial charge in [0, 0.05) is 16.7 Å². The molecule has 1 N–H and O–H groups in total. The number of allylic oxidation sites excluding steroid dienone is 6. The van der Waals surface area contributed by atoms with Crippen LogP contribution in [0.1, 0.15) is 66.0 Å². The Balaban J connectivity index is 0. The van der Waals surface area contributed by atoms with Crippen molar-refractivity contribution >= 4 is 21.5 Å². The minimum Gasteiger partial charge on any atom is -0.487 e. The van der Waals surface area contributed by atoms with Gasteiger partial charge in [-0.25, -0.2) is 0 Å². The Labute approximate surface area is 230 Å². The number of hydrogen-bond acceptors (Lipinski definition) is 2. The standard InChI is InChI=1S/C13H16.C12H17NO.C6H9Br.C2H6/c1-10(2)9-12(4)13-8-6-5-7-11(13)3;1-3-9-13-11(2)10-14-12-7-5-4-6-8-12;1-4-6(7)5(2)3;1-2/h5-9H,4H2,1-3H3;4-8,13H,2-3,9-10H2,1H3;4H,1H2,2-3H3;1-2H3. The lowest BCUT2D eigenvalue weighted by molar-refractivity contribution is 0.343. The van der Waals surface area contributed by atoms with Crippen molar-refractivity contribution in [2.45, 2.75) is 61.8 Å². The molecule has 2 aromatic rings. The number of ether oxygens (including phenoxy) is 1. The Morgan fingerprint density at radius 2 is 1.50 bits per heavy atom. The highest BCUT2D eigenvalue weighted by Crippen LogP contribution is 2.19. The Hall–Kier alpha value is -2.78. The molecule has 0 fully saturated rings. The number of halogens is 1. The molecular formula is C33H48BrNO. The summed E-state index contributed by atoms with van der Waals surface area (Å²) in [6.07, 6.45) is 5.00. The highest BCUT2D eigenvalue weighted by molar-refractivity contribution is 9.11. The minimum absolute atomic E-state index is 0.532. The summed E-state index contributed by atoms with van der Waals surface area (Å²) < 4.78 is 6.59. The number of para-hydroxylation sites is 1. The summed E-state index contributed by atoms with van der Waals surface area (Å²) >= 11 is 3.30. The van der Waals surface area contributed by atoms with E-state index in [1.165, 1.54) is 22.3 Å². The minimum atomic E-state index is 0.532. The molecule has 0 aliphatic rings. The molecule has 0 aromatic heterocycles. The van der Waals surface area contributed by atoms with Crippen LogP contribution < -0.4 is 10.1 Å². The number of nitrogens with one attached hydrogen (secondary N) is 1. The van der Waals surface area contributed by atoms with Crippen LogP contribution in [-0.4, -0.2) is 13.2 Å². The second kappa shape index (κ2) is 22.7. The van der Waals surface area contributed by atoms with Crippen molar-refractivity contribution in [2.24, 2.45) is 0 Å². The summed E-state index contributed by atoms with van der Waals surface area (Å²) in [6, 6.07) is 18.1. The van der Waals surface area contributed by atoms with Gasteiger partial charge in [-0.3, -0.25) is 0 Å². The first kappa shape index (κ1) is 35.4. The van der Waals surface area contributed by atoms with Crippen LogP contribution in [0.15, 0.2) is 108 Å². The van der Waals surface area contributed by atoms with E-state index < -0.39 is 0 Å². The fourth-order valence-electron chi connectivity index (χ4n) is 2.60. The van der Waals surface area contributed by atoms with E-state index in [4.69, 9.17) is 4.74 Å². The van der Waals surface area contributed by atoms with Crippen molar-refractivity contribution in [1.82, 2.24) is 5.32 Å². The van der Waals surface area contributed by atoms with Crippen molar-refractivity contribution in [1.29, 1.82) is 0 Å². The molecule has 0 unspecified atom stereocenters. The maximum Gasteiger partial charge on any atom is 0.127 e. The number of benzene rings is 2. The molecule has 3 heteroatoms. The molecule has 0 bridgehead atoms. The summed E-state index contributed by atoms with van der Waals surface area (Å²) in [6.45, 7) is 29.5. The van der Waals surface area contributed by atoms with Crippen LogP contribution >= 0.6 is 15.9 Å². The molecule has 0 spiro atoms. The SMILES string of the molecule is C=C(C=C(C)C)c1ccccc1C.C=C(COc1ccccc1)NCCC.C=CC(Br)=C(C)C.CC. The molecule has 36 heavy (non-hydrogen) atoms. The summed E-state index contributed by atoms with van der Waals surface area (Å²) in [5, 5.41) is 3.18. The molecule has 0 saturated carbocycles. The van der Waals surface area contributed by atoms with Crippen molar-refractivity contribution in [2.75, 3.05) is 13.2 Å². The van der Waals surface area contributed by atoms with E-state index in [1.54, 1.807) is 6.08 Å². The van der Waals surface area contributed by atoms with Gasteiger partial charge in [0.2, 0.25) is 0 Å². The Kier molecular flexibility index (Phi) is 22.3. The molecule has 0 radical (unpaired) electrons. The lowest BCUT2D eigenvalue weighted by Crippen LogP contribution is -2.18. The molecule has 0 atom stereocenters. The highest BCUT2D eigenvalue weighted by Gasteiger charge is 1.98. The molecule has 0 amide bonds. The number of hydrogen-bond donors (Lipinski definition) is 1. The normalized spacial score (nSPS) is 8.81. The average molecular weight is 555 g/mol. The molecule has 0 aliphatic carbocycles. The van der Waals surface area contributed by atoms with Gasteiger partial charge in [-0.15, -0.1) is 0 Å². The molecule has 2 rings (SSSR count). The fourth-order valence-corrected chi connectivity index (χ4v) is 2.60. The maximum atomic E-state index is 5.50. The second-order valence-electron chi connectivity index (χ2n) is 8.25. The van der Waals surface area contributed by atoms with E-state index in [-0.39, 0.29) is 0 Å². The van der Waals surface area contributed by atoms with Gasteiger partial charge >= 0.3 is 0 Å². The molecule has 0 aliphatic heterocycles. The van der Waals surface area contributed by atoms with E-state index in [2.05, 4.69) is 93.0 Å². The maximum absolute atomic E-state index is 5.50. The van der Waals surface area contributed by atoms with E-state index in [1.807, 2.05) is 64.1 Å². The van der Waals surface area contributed by atoms with Crippen LogP contribution in [0.2, 0.25) is 0 Å². The topological polar surface area (TPSA) is 21.3 Å². The van der Waals surface area contributed by atoms with Gasteiger partial charge in [0.1, 0.15) is 12.4 Å². The third kappa shape index (κ3) is 18.5. The van der Waals surface area contributed by atoms with Gasteiger partial charge in [0.15, 0.2) is 0 Å². The van der Waals surface area contributed by atoms with E-state index in [0.717, 1.165) is 34.5 Å². The molecular weight excluding hydrogens is 506 g/mol. The van der Waals surface area contributed by atoms with Gasteiger partial charge < -0.3 is 10.1 Å². The Bertz CT molecular complexity index is 947. The molecule has 198 valence electrons. The van der Waals surface area contributed by atoms with Gasteiger partial charge in [-0.1, -0.05) is 122 Å². The zero-order chi connectivity index (χ0) is 27.9. The number of rotatable bonds is 9. The van der Waals surface area contributed by atoms with Gasteiger partial charge in [0.05, 0.1) is 0 Å². The third-order valence-electron chi connectivity index (χ3n) is 4.39. The average Bonchev–Trinajstić information content (AvgIpc) is 2.88. The smallest absolute Gasteiger partial charge is 0.127 e. The van der Waals surface area contributed by atoms with E-state index in [0.29, 0.717) is 6.61 Å². The molecule has 2 aromatic carbocycles. The summed E-state index contributed by atoms with van der Waals surface area (Å²) in [5.74, 6) is 0.881. The van der Waals surface area contributed by atoms with E-state index >= 15 is 0 Å². The molecule has 2 nitrogen and oxygen atoms in total. The van der Waals surface area contributed by atoms with Gasteiger partial charge in [-0.05, 0) is 69.9 Å². The summed E-state index contributed by atoms with van der Waals surface area (Å²) in [5.41, 5.74) is 7.09. The predicted octanol–water partition coefficient (Wildman–Crippen LogP) is 10.4. The van der Waals surface area contributed by atoms with Crippen LogP contribution in [0.25, 0.3) is 5.57 Å².